The van der Waals surface area contributed by atoms with Gasteiger partial charge in [0.25, 0.3) is 0 Å². The van der Waals surface area contributed by atoms with Gasteiger partial charge in [0, 0.05) is 6.04 Å². The van der Waals surface area contributed by atoms with Crippen molar-refractivity contribution in [2.45, 2.75) is 39.2 Å². The van der Waals surface area contributed by atoms with Crippen molar-refractivity contribution in [2.75, 3.05) is 0 Å². The summed E-state index contributed by atoms with van der Waals surface area (Å²) < 4.78 is 0.500. The minimum absolute atomic E-state index is 0. The molecule has 0 aromatic rings. The molecular weight excluding hydrogens is 185 g/mol. The minimum Gasteiger partial charge on any atom is -0.412 e. The van der Waals surface area contributed by atoms with E-state index in [0.29, 0.717) is 10.4 Å². The molecule has 0 aromatic heterocycles. The van der Waals surface area contributed by atoms with Gasteiger partial charge in [0.05, 0.1) is 0 Å². The van der Waals surface area contributed by atoms with Crippen LogP contribution in [-0.4, -0.2) is 10.4 Å². The molecule has 1 N–H and O–H groups in total. The molecule has 0 aliphatic rings. The van der Waals surface area contributed by atoms with Crippen molar-refractivity contribution in [3.05, 3.63) is 0 Å². The second-order valence-electron chi connectivity index (χ2n) is 2.33. The van der Waals surface area contributed by atoms with Crippen LogP contribution >= 0.6 is 12.2 Å². The maximum atomic E-state index is 4.76. The third-order valence-corrected chi connectivity index (χ3v) is 1.69. The van der Waals surface area contributed by atoms with E-state index >= 15 is 0 Å². The molecular formula is C7H14NNaS2. The molecule has 0 radical (unpaired) electrons. The molecule has 0 heterocycles. The van der Waals surface area contributed by atoms with Crippen LogP contribution in [0, 0.1) is 0 Å². The van der Waals surface area contributed by atoms with Crippen molar-refractivity contribution in [3.63, 3.8) is 0 Å². The third kappa shape index (κ3) is 9.02. The summed E-state index contributed by atoms with van der Waals surface area (Å²) in [5.74, 6) is 0. The van der Waals surface area contributed by atoms with Gasteiger partial charge in [-0.1, -0.05) is 24.6 Å². The Labute approximate surface area is 102 Å². The molecule has 4 heteroatoms. The van der Waals surface area contributed by atoms with Gasteiger partial charge < -0.3 is 30.2 Å². The monoisotopic (exact) mass is 199 g/mol. The van der Waals surface area contributed by atoms with Gasteiger partial charge in [-0.05, 0) is 12.8 Å². The van der Waals surface area contributed by atoms with Gasteiger partial charge in [-0.3, -0.25) is 0 Å². The van der Waals surface area contributed by atoms with Crippen LogP contribution in [0.15, 0.2) is 0 Å². The first kappa shape index (κ1) is 14.6. The van der Waals surface area contributed by atoms with Crippen molar-refractivity contribution in [3.8, 4) is 0 Å². The van der Waals surface area contributed by atoms with E-state index in [2.05, 4.69) is 19.2 Å². The Bertz CT molecular complexity index is 109. The van der Waals surface area contributed by atoms with Crippen LogP contribution in [0.1, 0.15) is 33.1 Å². The fourth-order valence-electron chi connectivity index (χ4n) is 0.893. The minimum atomic E-state index is 0. The van der Waals surface area contributed by atoms with Crippen LogP contribution in [0.4, 0.5) is 0 Å². The molecule has 0 bridgehead atoms. The molecule has 1 nitrogen and oxygen atoms in total. The van der Waals surface area contributed by atoms with E-state index in [1.807, 2.05) is 0 Å². The Morgan fingerprint density at radius 1 is 1.55 bits per heavy atom. The zero-order valence-electron chi connectivity index (χ0n) is 7.52. The van der Waals surface area contributed by atoms with Gasteiger partial charge in [-0.2, -0.15) is 0 Å². The van der Waals surface area contributed by atoms with E-state index in [1.165, 1.54) is 6.42 Å². The van der Waals surface area contributed by atoms with Crippen LogP contribution in [0.3, 0.4) is 0 Å². The zero-order chi connectivity index (χ0) is 7.98. The molecule has 0 rings (SSSR count). The Hall–Kier alpha value is 1.11. The van der Waals surface area contributed by atoms with Crippen LogP contribution in [0.5, 0.6) is 0 Å². The summed E-state index contributed by atoms with van der Waals surface area (Å²) in [6, 6.07) is 0.495. The molecule has 1 unspecified atom stereocenters. The quantitative estimate of drug-likeness (QED) is 0.354. The molecule has 0 fully saturated rings. The van der Waals surface area contributed by atoms with Gasteiger partial charge in [-0.25, -0.2) is 0 Å². The van der Waals surface area contributed by atoms with Crippen molar-refractivity contribution in [1.82, 2.24) is 5.32 Å². The van der Waals surface area contributed by atoms with Crippen molar-refractivity contribution < 1.29 is 29.6 Å². The summed E-state index contributed by atoms with van der Waals surface area (Å²) in [7, 11) is 0. The summed E-state index contributed by atoms with van der Waals surface area (Å²) in [4.78, 5) is 0. The normalized spacial score (nSPS) is 11.5. The molecule has 0 aromatic carbocycles. The molecule has 0 amide bonds. The summed E-state index contributed by atoms with van der Waals surface area (Å²) >= 11 is 9.51. The van der Waals surface area contributed by atoms with E-state index in [4.69, 9.17) is 24.8 Å². The predicted octanol–water partition coefficient (Wildman–Crippen LogP) is -1.01. The van der Waals surface area contributed by atoms with E-state index in [9.17, 15) is 0 Å². The molecule has 0 saturated heterocycles. The number of nitrogens with one attached hydrogen (secondary N) is 1. The number of hydrogen-bond acceptors (Lipinski definition) is 2. The summed E-state index contributed by atoms with van der Waals surface area (Å²) in [5.41, 5.74) is 0. The molecule has 60 valence electrons. The average Bonchev–Trinajstić information content (AvgIpc) is 1.86. The number of rotatable bonds is 4. The standard InChI is InChI=1S/C7H15NS2.Na/c1-3-5-6(4-2)8-7(9)10;/h6H,3-5H2,1-2H3,(H2,8,9,10);/q;+1/p-1. The summed E-state index contributed by atoms with van der Waals surface area (Å²) in [6.45, 7) is 4.30. The van der Waals surface area contributed by atoms with Gasteiger partial charge in [-0.15, -0.1) is 0 Å². The van der Waals surface area contributed by atoms with E-state index in [0.717, 1.165) is 12.8 Å². The van der Waals surface area contributed by atoms with E-state index in [-0.39, 0.29) is 29.6 Å². The van der Waals surface area contributed by atoms with Crippen LogP contribution < -0.4 is 34.9 Å². The average molecular weight is 199 g/mol. The topological polar surface area (TPSA) is 12.0 Å². The molecule has 0 aliphatic carbocycles. The predicted molar refractivity (Wildman–Crippen MR) is 52.1 cm³/mol. The maximum absolute atomic E-state index is 4.76. The third-order valence-electron chi connectivity index (χ3n) is 1.45. The largest absolute Gasteiger partial charge is 1.00 e. The van der Waals surface area contributed by atoms with Gasteiger partial charge in [0.15, 0.2) is 0 Å². The van der Waals surface area contributed by atoms with Gasteiger partial charge >= 0.3 is 29.6 Å². The van der Waals surface area contributed by atoms with Crippen molar-refractivity contribution in [2.24, 2.45) is 0 Å². The maximum Gasteiger partial charge on any atom is 1.00 e. The van der Waals surface area contributed by atoms with Crippen LogP contribution in [0.25, 0.3) is 0 Å². The van der Waals surface area contributed by atoms with E-state index in [1.54, 1.807) is 0 Å². The first-order chi connectivity index (χ1) is 4.70. The van der Waals surface area contributed by atoms with Gasteiger partial charge in [0.2, 0.25) is 0 Å². The Kier molecular flexibility index (Phi) is 12.2. The smallest absolute Gasteiger partial charge is 0.412 e. The first-order valence-electron chi connectivity index (χ1n) is 3.68. The fraction of sp³-hybridized carbons (Fsp3) is 0.857. The molecule has 0 spiro atoms. The summed E-state index contributed by atoms with van der Waals surface area (Å²) in [5, 5.41) is 3.08. The van der Waals surface area contributed by atoms with Gasteiger partial charge in [0.1, 0.15) is 0 Å². The molecule has 1 atom stereocenters. The second kappa shape index (κ2) is 9.20. The Morgan fingerprint density at radius 2 is 2.09 bits per heavy atom. The first-order valence-corrected chi connectivity index (χ1v) is 4.49. The summed E-state index contributed by atoms with van der Waals surface area (Å²) in [6.07, 6.45) is 3.45. The van der Waals surface area contributed by atoms with Crippen molar-refractivity contribution in [1.29, 1.82) is 0 Å². The second-order valence-corrected chi connectivity index (χ2v) is 3.40. The van der Waals surface area contributed by atoms with Crippen molar-refractivity contribution >= 4 is 29.2 Å². The van der Waals surface area contributed by atoms with Crippen LogP contribution in [-0.2, 0) is 12.6 Å². The molecule has 0 saturated carbocycles. The number of hydrogen-bond donors (Lipinski definition) is 1. The SMILES string of the molecule is CCCC(CC)NC(=S)[S-].[Na+]. The zero-order valence-corrected chi connectivity index (χ0v) is 11.1. The molecule has 0 aliphatic heterocycles. The fourth-order valence-corrected chi connectivity index (χ4v) is 1.23. The Balaban J connectivity index is 0. The molecule has 11 heavy (non-hydrogen) atoms. The van der Waals surface area contributed by atoms with E-state index < -0.39 is 0 Å². The Morgan fingerprint density at radius 3 is 2.36 bits per heavy atom. The van der Waals surface area contributed by atoms with Crippen LogP contribution in [0.2, 0.25) is 0 Å². The number of thiocarbonyl (C=S) groups is 1.